The lowest BCUT2D eigenvalue weighted by atomic mass is 9.75. The van der Waals surface area contributed by atoms with Crippen molar-refractivity contribution in [2.45, 2.75) is 50.6 Å². The highest BCUT2D eigenvalue weighted by molar-refractivity contribution is 6.31. The van der Waals surface area contributed by atoms with Gasteiger partial charge in [-0.2, -0.15) is 0 Å². The van der Waals surface area contributed by atoms with E-state index in [0.29, 0.717) is 18.0 Å². The molecule has 0 saturated heterocycles. The fourth-order valence-corrected chi connectivity index (χ4v) is 2.90. The van der Waals surface area contributed by atoms with Crippen LogP contribution in [0.4, 0.5) is 0 Å². The number of nitrogens with one attached hydrogen (secondary N) is 1. The van der Waals surface area contributed by atoms with Crippen LogP contribution in [-0.2, 0) is 0 Å². The Labute approximate surface area is 115 Å². The van der Waals surface area contributed by atoms with E-state index in [4.69, 9.17) is 18.0 Å². The zero-order valence-corrected chi connectivity index (χ0v) is 11.6. The number of rotatable bonds is 5. The molecule has 2 heteroatoms. The van der Waals surface area contributed by atoms with Crippen LogP contribution in [0.1, 0.15) is 44.1 Å². The lowest BCUT2D eigenvalue weighted by molar-refractivity contribution is 0.262. The molecule has 1 aromatic carbocycles. The Morgan fingerprint density at radius 2 is 2.17 bits per heavy atom. The first-order valence-electron chi connectivity index (χ1n) is 6.68. The highest BCUT2D eigenvalue weighted by Crippen LogP contribution is 2.40. The Kier molecular flexibility index (Phi) is 4.69. The smallest absolute Gasteiger partial charge is 0.0440 e. The van der Waals surface area contributed by atoms with Crippen molar-refractivity contribution < 1.29 is 0 Å². The van der Waals surface area contributed by atoms with Crippen LogP contribution in [0.25, 0.3) is 0 Å². The molecule has 0 amide bonds. The minimum Gasteiger partial charge on any atom is -0.310 e. The van der Waals surface area contributed by atoms with Crippen LogP contribution in [0.5, 0.6) is 0 Å². The molecule has 18 heavy (non-hydrogen) atoms. The summed E-state index contributed by atoms with van der Waals surface area (Å²) in [5, 5.41) is 4.54. The molecule has 1 aromatic rings. The minimum atomic E-state index is 0.465. The average molecular weight is 262 g/mol. The van der Waals surface area contributed by atoms with Crippen LogP contribution in [0.2, 0.25) is 5.02 Å². The van der Waals surface area contributed by atoms with Crippen LogP contribution in [-0.4, -0.2) is 12.1 Å². The van der Waals surface area contributed by atoms with Gasteiger partial charge >= 0.3 is 0 Å². The van der Waals surface area contributed by atoms with Crippen LogP contribution in [0.3, 0.4) is 0 Å². The first-order chi connectivity index (χ1) is 8.74. The molecule has 1 nitrogen and oxygen atoms in total. The van der Waals surface area contributed by atoms with Gasteiger partial charge in [0, 0.05) is 23.5 Å². The summed E-state index contributed by atoms with van der Waals surface area (Å²) in [7, 11) is 0. The summed E-state index contributed by atoms with van der Waals surface area (Å²) >= 11 is 6.22. The molecule has 0 radical (unpaired) electrons. The zero-order chi connectivity index (χ0) is 13.0. The molecule has 1 aliphatic carbocycles. The minimum absolute atomic E-state index is 0.465. The lowest BCUT2D eigenvalue weighted by Crippen LogP contribution is -2.45. The van der Waals surface area contributed by atoms with E-state index >= 15 is 0 Å². The van der Waals surface area contributed by atoms with Crippen LogP contribution < -0.4 is 5.32 Å². The summed E-state index contributed by atoms with van der Waals surface area (Å²) < 4.78 is 0. The maximum absolute atomic E-state index is 6.22. The second-order valence-electron chi connectivity index (χ2n) is 5.07. The van der Waals surface area contributed by atoms with Crippen molar-refractivity contribution in [3.05, 3.63) is 34.9 Å². The van der Waals surface area contributed by atoms with Gasteiger partial charge in [0.2, 0.25) is 0 Å². The van der Waals surface area contributed by atoms with Gasteiger partial charge in [0.1, 0.15) is 0 Å². The third-order valence-corrected chi connectivity index (χ3v) is 4.16. The number of halogens is 1. The van der Waals surface area contributed by atoms with Crippen LogP contribution in [0, 0.1) is 12.3 Å². The van der Waals surface area contributed by atoms with Gasteiger partial charge in [-0.1, -0.05) is 36.7 Å². The van der Waals surface area contributed by atoms with E-state index in [2.05, 4.69) is 30.3 Å². The van der Waals surface area contributed by atoms with Gasteiger partial charge in [-0.15, -0.1) is 12.3 Å². The Morgan fingerprint density at radius 1 is 1.44 bits per heavy atom. The molecule has 0 aliphatic heterocycles. The number of hydrogen-bond donors (Lipinski definition) is 1. The summed E-state index contributed by atoms with van der Waals surface area (Å²) in [5.74, 6) is 3.35. The number of benzene rings is 1. The van der Waals surface area contributed by atoms with Gasteiger partial charge in [-0.05, 0) is 36.8 Å². The van der Waals surface area contributed by atoms with Gasteiger partial charge < -0.3 is 5.32 Å². The fourth-order valence-electron chi connectivity index (χ4n) is 2.61. The molecule has 96 valence electrons. The van der Waals surface area contributed by atoms with E-state index in [1.165, 1.54) is 18.4 Å². The third kappa shape index (κ3) is 3.07. The molecule has 0 aromatic heterocycles. The Bertz CT molecular complexity index is 429. The Morgan fingerprint density at radius 3 is 2.78 bits per heavy atom. The molecule has 0 bridgehead atoms. The summed E-state index contributed by atoms with van der Waals surface area (Å²) in [6.45, 7) is 2.18. The maximum Gasteiger partial charge on any atom is 0.0440 e. The van der Waals surface area contributed by atoms with E-state index in [1.54, 1.807) is 0 Å². The summed E-state index contributed by atoms with van der Waals surface area (Å²) in [6.07, 6.45) is 9.63. The molecule has 1 atom stereocenters. The molecule has 0 heterocycles. The predicted octanol–water partition coefficient (Wildman–Crippen LogP) is 3.98. The molecule has 1 fully saturated rings. The normalized spacial score (nSPS) is 24.1. The standard InChI is InChI=1S/C16H20ClN/c1-3-7-13(4-2)18-14-10-12(11-14)15-8-5-6-9-16(15)17/h1,5-6,8-9,12-14,18H,4,7,10-11H2,2H3. The van der Waals surface area contributed by atoms with Crippen molar-refractivity contribution in [1.82, 2.24) is 5.32 Å². The highest BCUT2D eigenvalue weighted by Gasteiger charge is 2.32. The van der Waals surface area contributed by atoms with Gasteiger partial charge in [0.15, 0.2) is 0 Å². The van der Waals surface area contributed by atoms with Gasteiger partial charge in [-0.25, -0.2) is 0 Å². The second-order valence-corrected chi connectivity index (χ2v) is 5.47. The van der Waals surface area contributed by atoms with Crippen LogP contribution >= 0.6 is 11.6 Å². The fraction of sp³-hybridized carbons (Fsp3) is 0.500. The zero-order valence-electron chi connectivity index (χ0n) is 10.8. The lowest BCUT2D eigenvalue weighted by Gasteiger charge is -2.38. The van der Waals surface area contributed by atoms with E-state index in [9.17, 15) is 0 Å². The largest absolute Gasteiger partial charge is 0.310 e. The highest BCUT2D eigenvalue weighted by atomic mass is 35.5. The first-order valence-corrected chi connectivity index (χ1v) is 7.06. The quantitative estimate of drug-likeness (QED) is 0.791. The molecular formula is C16H20ClN. The second kappa shape index (κ2) is 6.27. The monoisotopic (exact) mass is 261 g/mol. The molecule has 0 spiro atoms. The molecule has 1 unspecified atom stereocenters. The number of terminal acetylenes is 1. The summed E-state index contributed by atoms with van der Waals surface area (Å²) in [6, 6.07) is 9.24. The van der Waals surface area contributed by atoms with E-state index in [-0.39, 0.29) is 0 Å². The van der Waals surface area contributed by atoms with Crippen molar-refractivity contribution in [2.24, 2.45) is 0 Å². The molecule has 1 aliphatic rings. The predicted molar refractivity (Wildman–Crippen MR) is 77.9 cm³/mol. The van der Waals surface area contributed by atoms with Gasteiger partial charge in [-0.3, -0.25) is 0 Å². The van der Waals surface area contributed by atoms with E-state index in [1.807, 2.05) is 12.1 Å². The molecule has 1 N–H and O–H groups in total. The van der Waals surface area contributed by atoms with Crippen molar-refractivity contribution >= 4 is 11.6 Å². The van der Waals surface area contributed by atoms with Gasteiger partial charge in [0.05, 0.1) is 0 Å². The van der Waals surface area contributed by atoms with Gasteiger partial charge in [0.25, 0.3) is 0 Å². The SMILES string of the molecule is C#CCC(CC)NC1CC(c2ccccc2Cl)C1. The Hall–Kier alpha value is -0.970. The van der Waals surface area contributed by atoms with Crippen molar-refractivity contribution in [2.75, 3.05) is 0 Å². The molecule has 1 saturated carbocycles. The van der Waals surface area contributed by atoms with Crippen molar-refractivity contribution in [3.8, 4) is 12.3 Å². The van der Waals surface area contributed by atoms with E-state index in [0.717, 1.165) is 17.9 Å². The topological polar surface area (TPSA) is 12.0 Å². The van der Waals surface area contributed by atoms with Crippen molar-refractivity contribution in [1.29, 1.82) is 0 Å². The molecule has 2 rings (SSSR count). The van der Waals surface area contributed by atoms with E-state index < -0.39 is 0 Å². The molecular weight excluding hydrogens is 242 g/mol. The number of hydrogen-bond acceptors (Lipinski definition) is 1. The Balaban J connectivity index is 1.84. The van der Waals surface area contributed by atoms with Crippen molar-refractivity contribution in [3.63, 3.8) is 0 Å². The maximum atomic E-state index is 6.22. The summed E-state index contributed by atoms with van der Waals surface area (Å²) in [5.41, 5.74) is 1.29. The first kappa shape index (κ1) is 13.5. The van der Waals surface area contributed by atoms with Crippen LogP contribution in [0.15, 0.2) is 24.3 Å². The summed E-state index contributed by atoms with van der Waals surface area (Å²) in [4.78, 5) is 0. The average Bonchev–Trinajstić information content (AvgIpc) is 2.33. The third-order valence-electron chi connectivity index (χ3n) is 3.81.